The molecule has 4 rings (SSSR count). The second kappa shape index (κ2) is 8.71. The van der Waals surface area contributed by atoms with Crippen LogP contribution in [0, 0.1) is 24.5 Å². The van der Waals surface area contributed by atoms with Crippen LogP contribution in [0.25, 0.3) is 11.4 Å². The molecule has 2 heterocycles. The molecule has 2 aromatic carbocycles. The van der Waals surface area contributed by atoms with E-state index in [1.165, 1.54) is 6.07 Å². The molecule has 1 aliphatic heterocycles. The lowest BCUT2D eigenvalue weighted by atomic mass is 9.97. The topological polar surface area (TPSA) is 71.3 Å². The van der Waals surface area contributed by atoms with E-state index in [1.807, 2.05) is 31.2 Å². The Morgan fingerprint density at radius 2 is 2.07 bits per heavy atom. The summed E-state index contributed by atoms with van der Waals surface area (Å²) >= 11 is 0. The van der Waals surface area contributed by atoms with Crippen LogP contribution in [0.5, 0.6) is 0 Å². The van der Waals surface area contributed by atoms with Crippen molar-refractivity contribution in [3.8, 4) is 11.4 Å². The van der Waals surface area contributed by atoms with Gasteiger partial charge in [-0.15, -0.1) is 0 Å². The first kappa shape index (κ1) is 20.2. The Balaban J connectivity index is 1.38. The molecule has 1 N–H and O–H groups in total. The molecule has 1 unspecified atom stereocenters. The number of nitrogens with one attached hydrogen (secondary N) is 1. The van der Waals surface area contributed by atoms with E-state index < -0.39 is 11.6 Å². The lowest BCUT2D eigenvalue weighted by molar-refractivity contribution is -0.121. The van der Waals surface area contributed by atoms with Gasteiger partial charge in [-0.25, -0.2) is 8.78 Å². The summed E-state index contributed by atoms with van der Waals surface area (Å²) in [5.74, 6) is -1.36. The fraction of sp³-hybridized carbons (Fsp3) is 0.318. The fourth-order valence-electron chi connectivity index (χ4n) is 3.67. The zero-order chi connectivity index (χ0) is 21.1. The Kier molecular flexibility index (Phi) is 5.85. The Bertz CT molecular complexity index is 1050. The van der Waals surface area contributed by atoms with Gasteiger partial charge in [0.05, 0.1) is 12.5 Å². The van der Waals surface area contributed by atoms with Gasteiger partial charge in [-0.2, -0.15) is 4.98 Å². The molecule has 1 atom stereocenters. The van der Waals surface area contributed by atoms with E-state index in [0.29, 0.717) is 24.8 Å². The van der Waals surface area contributed by atoms with E-state index in [0.717, 1.165) is 42.6 Å². The predicted molar refractivity (Wildman–Crippen MR) is 107 cm³/mol. The second-order valence-electron chi connectivity index (χ2n) is 7.52. The number of aryl methyl sites for hydroxylation is 1. The van der Waals surface area contributed by atoms with Gasteiger partial charge in [-0.3, -0.25) is 9.69 Å². The van der Waals surface area contributed by atoms with Crippen LogP contribution < -0.4 is 5.32 Å². The molecule has 1 aliphatic rings. The van der Waals surface area contributed by atoms with Crippen LogP contribution in [0.4, 0.5) is 14.5 Å². The van der Waals surface area contributed by atoms with Crippen molar-refractivity contribution in [2.24, 2.45) is 5.92 Å². The maximum absolute atomic E-state index is 13.4. The standard InChI is InChI=1S/C22H22F2N4O2/c1-14-5-2-3-7-17(14)21-26-20(30-27-21)13-28-10-4-6-15(12-28)22(29)25-16-8-9-18(23)19(24)11-16/h2-3,5,7-9,11,15H,4,6,10,12-13H2,1H3,(H,25,29). The predicted octanol–water partition coefficient (Wildman–Crippen LogP) is 4.17. The number of amides is 1. The number of carbonyl (C=O) groups is 1. The van der Waals surface area contributed by atoms with Gasteiger partial charge in [-0.1, -0.05) is 29.4 Å². The lowest BCUT2D eigenvalue weighted by Crippen LogP contribution is -2.40. The summed E-state index contributed by atoms with van der Waals surface area (Å²) in [4.78, 5) is 19.2. The van der Waals surface area contributed by atoms with Gasteiger partial charge in [0.1, 0.15) is 0 Å². The van der Waals surface area contributed by atoms with E-state index in [1.54, 1.807) is 0 Å². The number of aromatic nitrogens is 2. The highest BCUT2D eigenvalue weighted by atomic mass is 19.2. The van der Waals surface area contributed by atoms with Gasteiger partial charge in [0, 0.05) is 23.9 Å². The van der Waals surface area contributed by atoms with Crippen molar-refractivity contribution in [2.75, 3.05) is 18.4 Å². The van der Waals surface area contributed by atoms with Gasteiger partial charge in [0.15, 0.2) is 11.6 Å². The molecule has 1 aromatic heterocycles. The number of hydrogen-bond donors (Lipinski definition) is 1. The maximum atomic E-state index is 13.4. The van der Waals surface area contributed by atoms with Crippen molar-refractivity contribution in [1.29, 1.82) is 0 Å². The van der Waals surface area contributed by atoms with E-state index in [9.17, 15) is 13.6 Å². The Morgan fingerprint density at radius 1 is 1.23 bits per heavy atom. The van der Waals surface area contributed by atoms with Crippen LogP contribution in [0.2, 0.25) is 0 Å². The Morgan fingerprint density at radius 3 is 2.87 bits per heavy atom. The normalized spacial score (nSPS) is 17.1. The summed E-state index contributed by atoms with van der Waals surface area (Å²) < 4.78 is 31.8. The summed E-state index contributed by atoms with van der Waals surface area (Å²) in [5.41, 5.74) is 2.24. The third-order valence-electron chi connectivity index (χ3n) is 5.28. The lowest BCUT2D eigenvalue weighted by Gasteiger charge is -2.30. The molecule has 0 aliphatic carbocycles. The van der Waals surface area contributed by atoms with Crippen molar-refractivity contribution < 1.29 is 18.1 Å². The number of anilines is 1. The highest BCUT2D eigenvalue weighted by molar-refractivity contribution is 5.92. The second-order valence-corrected chi connectivity index (χ2v) is 7.52. The Labute approximate surface area is 172 Å². The molecule has 8 heteroatoms. The molecule has 0 spiro atoms. The largest absolute Gasteiger partial charge is 0.338 e. The minimum Gasteiger partial charge on any atom is -0.338 e. The zero-order valence-corrected chi connectivity index (χ0v) is 16.6. The average molecular weight is 412 g/mol. The van der Waals surface area contributed by atoms with Crippen LogP contribution in [0.15, 0.2) is 47.0 Å². The molecular formula is C22H22F2N4O2. The third-order valence-corrected chi connectivity index (χ3v) is 5.28. The summed E-state index contributed by atoms with van der Waals surface area (Å²) in [5, 5.41) is 6.75. The molecule has 3 aromatic rings. The first-order valence-electron chi connectivity index (χ1n) is 9.86. The Hall–Kier alpha value is -3.13. The fourth-order valence-corrected chi connectivity index (χ4v) is 3.67. The summed E-state index contributed by atoms with van der Waals surface area (Å²) in [6.45, 7) is 3.79. The van der Waals surface area contributed by atoms with Crippen LogP contribution in [0.3, 0.4) is 0 Å². The SMILES string of the molecule is Cc1ccccc1-c1noc(CN2CCCC(C(=O)Nc3ccc(F)c(F)c3)C2)n1. The van der Waals surface area contributed by atoms with Gasteiger partial charge < -0.3 is 9.84 Å². The van der Waals surface area contributed by atoms with Gasteiger partial charge >= 0.3 is 0 Å². The minimum absolute atomic E-state index is 0.211. The van der Waals surface area contributed by atoms with Crippen molar-refractivity contribution in [1.82, 2.24) is 15.0 Å². The molecule has 156 valence electrons. The van der Waals surface area contributed by atoms with Gasteiger partial charge in [0.2, 0.25) is 17.6 Å². The van der Waals surface area contributed by atoms with Crippen LogP contribution >= 0.6 is 0 Å². The number of likely N-dealkylation sites (tertiary alicyclic amines) is 1. The number of halogens is 2. The molecule has 1 saturated heterocycles. The molecule has 0 bridgehead atoms. The molecule has 0 radical (unpaired) electrons. The number of benzene rings is 2. The highest BCUT2D eigenvalue weighted by Gasteiger charge is 2.27. The van der Waals surface area contributed by atoms with Crippen LogP contribution in [-0.4, -0.2) is 34.0 Å². The van der Waals surface area contributed by atoms with Crippen LogP contribution in [0.1, 0.15) is 24.3 Å². The number of piperidine rings is 1. The van der Waals surface area contributed by atoms with Crippen molar-refractivity contribution in [3.63, 3.8) is 0 Å². The minimum atomic E-state index is -0.987. The quantitative estimate of drug-likeness (QED) is 0.681. The van der Waals surface area contributed by atoms with E-state index in [4.69, 9.17) is 4.52 Å². The summed E-state index contributed by atoms with van der Waals surface area (Å²) in [6.07, 6.45) is 1.57. The monoisotopic (exact) mass is 412 g/mol. The van der Waals surface area contributed by atoms with Gasteiger partial charge in [0.25, 0.3) is 0 Å². The smallest absolute Gasteiger partial charge is 0.241 e. The van der Waals surface area contributed by atoms with Crippen molar-refractivity contribution in [2.45, 2.75) is 26.3 Å². The first-order chi connectivity index (χ1) is 14.5. The van der Waals surface area contributed by atoms with Crippen molar-refractivity contribution >= 4 is 11.6 Å². The third kappa shape index (κ3) is 4.54. The van der Waals surface area contributed by atoms with E-state index in [-0.39, 0.29) is 17.5 Å². The van der Waals surface area contributed by atoms with E-state index in [2.05, 4.69) is 20.4 Å². The molecule has 0 saturated carbocycles. The highest BCUT2D eigenvalue weighted by Crippen LogP contribution is 2.23. The van der Waals surface area contributed by atoms with Gasteiger partial charge in [-0.05, 0) is 44.0 Å². The molecule has 6 nitrogen and oxygen atoms in total. The number of hydrogen-bond acceptors (Lipinski definition) is 5. The molecular weight excluding hydrogens is 390 g/mol. The first-order valence-corrected chi connectivity index (χ1v) is 9.86. The molecule has 30 heavy (non-hydrogen) atoms. The zero-order valence-electron chi connectivity index (χ0n) is 16.6. The van der Waals surface area contributed by atoms with Crippen LogP contribution in [-0.2, 0) is 11.3 Å². The molecule has 1 fully saturated rings. The maximum Gasteiger partial charge on any atom is 0.241 e. The number of rotatable bonds is 5. The average Bonchev–Trinajstić information content (AvgIpc) is 3.19. The molecule has 1 amide bonds. The number of carbonyl (C=O) groups excluding carboxylic acids is 1. The van der Waals surface area contributed by atoms with E-state index >= 15 is 0 Å². The summed E-state index contributed by atoms with van der Waals surface area (Å²) in [7, 11) is 0. The van der Waals surface area contributed by atoms with Crippen molar-refractivity contribution in [3.05, 3.63) is 65.6 Å². The number of nitrogens with zero attached hydrogens (tertiary/aromatic N) is 3. The summed E-state index contributed by atoms with van der Waals surface area (Å²) in [6, 6.07) is 11.2.